The van der Waals surface area contributed by atoms with Gasteiger partial charge in [0.1, 0.15) is 0 Å². The quantitative estimate of drug-likeness (QED) is 0.694. The summed E-state index contributed by atoms with van der Waals surface area (Å²) in [6.07, 6.45) is 3.42. The first-order chi connectivity index (χ1) is 5.79. The molecule has 0 atom stereocenters. The van der Waals surface area contributed by atoms with Crippen LogP contribution in [0.3, 0.4) is 0 Å². The number of aromatic nitrogens is 2. The van der Waals surface area contributed by atoms with E-state index in [0.717, 1.165) is 0 Å². The van der Waals surface area contributed by atoms with E-state index in [0.29, 0.717) is 5.82 Å². The van der Waals surface area contributed by atoms with Crippen LogP contribution in [0.5, 0.6) is 0 Å². The second-order valence-corrected chi connectivity index (χ2v) is 2.14. The van der Waals surface area contributed by atoms with Gasteiger partial charge in [-0.2, -0.15) is 0 Å². The van der Waals surface area contributed by atoms with Crippen LogP contribution in [0.25, 0.3) is 6.08 Å². The van der Waals surface area contributed by atoms with Crippen molar-refractivity contribution in [3.05, 3.63) is 30.4 Å². The van der Waals surface area contributed by atoms with Gasteiger partial charge in [0.05, 0.1) is 0 Å². The lowest BCUT2D eigenvalue weighted by atomic mass is 10.4. The summed E-state index contributed by atoms with van der Waals surface area (Å²) in [6, 6.07) is 1.67. The first-order valence-corrected chi connectivity index (χ1v) is 3.51. The van der Waals surface area contributed by atoms with Crippen LogP contribution in [0.2, 0.25) is 0 Å². The summed E-state index contributed by atoms with van der Waals surface area (Å²) in [5.74, 6) is 0.457. The Bertz CT molecular complexity index is 246. The Morgan fingerprint density at radius 1 is 1.33 bits per heavy atom. The van der Waals surface area contributed by atoms with Gasteiger partial charge in [0.2, 0.25) is 6.43 Å². The monoisotopic (exact) mass is 170 g/mol. The molecule has 0 amide bonds. The van der Waals surface area contributed by atoms with Crippen LogP contribution >= 0.6 is 0 Å². The molecule has 0 aromatic carbocycles. The summed E-state index contributed by atoms with van der Waals surface area (Å²) in [6.45, 7) is 0. The molecular formula is C8H8F2N2. The Kier molecular flexibility index (Phi) is 3.32. The molecule has 0 N–H and O–H groups in total. The van der Waals surface area contributed by atoms with Crippen molar-refractivity contribution in [2.24, 2.45) is 0 Å². The van der Waals surface area contributed by atoms with E-state index in [4.69, 9.17) is 0 Å². The van der Waals surface area contributed by atoms with Crippen molar-refractivity contribution in [1.29, 1.82) is 0 Å². The van der Waals surface area contributed by atoms with Crippen LogP contribution < -0.4 is 0 Å². The van der Waals surface area contributed by atoms with Crippen molar-refractivity contribution in [3.8, 4) is 0 Å². The fourth-order valence-corrected chi connectivity index (χ4v) is 0.673. The predicted molar refractivity (Wildman–Crippen MR) is 41.7 cm³/mol. The van der Waals surface area contributed by atoms with E-state index in [2.05, 4.69) is 9.97 Å². The molecule has 0 spiro atoms. The number of allylic oxidation sites excluding steroid dienone is 1. The van der Waals surface area contributed by atoms with Crippen LogP contribution in [-0.2, 0) is 0 Å². The molecule has 1 heterocycles. The standard InChI is InChI=1S/C8H8F2N2/c9-7(10)3-1-4-8-11-5-2-6-12-8/h1-2,4-7H,3H2. The maximum atomic E-state index is 11.6. The predicted octanol–water partition coefficient (Wildman–Crippen LogP) is 2.14. The summed E-state index contributed by atoms with van der Waals surface area (Å²) in [5.41, 5.74) is 0. The molecule has 0 radical (unpaired) electrons. The van der Waals surface area contributed by atoms with Gasteiger partial charge in [-0.1, -0.05) is 6.08 Å². The number of nitrogens with zero attached hydrogens (tertiary/aromatic N) is 2. The topological polar surface area (TPSA) is 25.8 Å². The Hall–Kier alpha value is -1.32. The highest BCUT2D eigenvalue weighted by Gasteiger charge is 1.96. The Labute approximate surface area is 69.0 Å². The summed E-state index contributed by atoms with van der Waals surface area (Å²) >= 11 is 0. The Morgan fingerprint density at radius 3 is 2.58 bits per heavy atom. The van der Waals surface area contributed by atoms with Crippen molar-refractivity contribution in [2.45, 2.75) is 12.8 Å². The van der Waals surface area contributed by atoms with Crippen molar-refractivity contribution in [3.63, 3.8) is 0 Å². The molecule has 0 saturated carbocycles. The lowest BCUT2D eigenvalue weighted by Crippen LogP contribution is -1.86. The van der Waals surface area contributed by atoms with Crippen molar-refractivity contribution in [2.75, 3.05) is 0 Å². The number of hydrogen-bond donors (Lipinski definition) is 0. The molecule has 0 aliphatic rings. The zero-order valence-corrected chi connectivity index (χ0v) is 6.32. The lowest BCUT2D eigenvalue weighted by molar-refractivity contribution is 0.152. The molecule has 64 valence electrons. The van der Waals surface area contributed by atoms with E-state index in [1.54, 1.807) is 18.5 Å². The van der Waals surface area contributed by atoms with Crippen molar-refractivity contribution in [1.82, 2.24) is 9.97 Å². The molecule has 0 aliphatic heterocycles. The molecule has 0 unspecified atom stereocenters. The molecule has 0 bridgehead atoms. The average molecular weight is 170 g/mol. The number of halogens is 2. The van der Waals surface area contributed by atoms with Crippen molar-refractivity contribution >= 4 is 6.08 Å². The molecule has 0 fully saturated rings. The van der Waals surface area contributed by atoms with E-state index in [1.165, 1.54) is 12.2 Å². The number of alkyl halides is 2. The van der Waals surface area contributed by atoms with Crippen LogP contribution in [0.15, 0.2) is 24.5 Å². The number of hydrogen-bond acceptors (Lipinski definition) is 2. The van der Waals surface area contributed by atoms with Gasteiger partial charge in [-0.15, -0.1) is 0 Å². The molecule has 1 aromatic heterocycles. The zero-order valence-electron chi connectivity index (χ0n) is 6.32. The summed E-state index contributed by atoms with van der Waals surface area (Å²) in [4.78, 5) is 7.67. The molecule has 0 saturated heterocycles. The van der Waals surface area contributed by atoms with Crippen LogP contribution in [-0.4, -0.2) is 16.4 Å². The molecule has 12 heavy (non-hydrogen) atoms. The maximum Gasteiger partial charge on any atom is 0.242 e. The molecule has 1 rings (SSSR count). The molecule has 2 nitrogen and oxygen atoms in total. The Balaban J connectivity index is 2.47. The third-order valence-corrected chi connectivity index (χ3v) is 1.17. The van der Waals surface area contributed by atoms with Crippen LogP contribution in [0, 0.1) is 0 Å². The van der Waals surface area contributed by atoms with Crippen LogP contribution in [0.1, 0.15) is 12.2 Å². The van der Waals surface area contributed by atoms with E-state index in [9.17, 15) is 8.78 Å². The fourth-order valence-electron chi connectivity index (χ4n) is 0.673. The first kappa shape index (κ1) is 8.77. The fraction of sp³-hybridized carbons (Fsp3) is 0.250. The minimum absolute atomic E-state index is 0.252. The van der Waals surface area contributed by atoms with Crippen LogP contribution in [0.4, 0.5) is 8.78 Å². The van der Waals surface area contributed by atoms with Gasteiger partial charge in [0.25, 0.3) is 0 Å². The van der Waals surface area contributed by atoms with E-state index < -0.39 is 6.43 Å². The molecular weight excluding hydrogens is 162 g/mol. The van der Waals surface area contributed by atoms with E-state index in [-0.39, 0.29) is 6.42 Å². The minimum atomic E-state index is -2.30. The molecule has 4 heteroatoms. The molecule has 1 aromatic rings. The largest absolute Gasteiger partial charge is 0.242 e. The highest BCUT2D eigenvalue weighted by Crippen LogP contribution is 2.01. The third-order valence-electron chi connectivity index (χ3n) is 1.17. The first-order valence-electron chi connectivity index (χ1n) is 3.51. The van der Waals surface area contributed by atoms with Gasteiger partial charge >= 0.3 is 0 Å². The highest BCUT2D eigenvalue weighted by molar-refractivity contribution is 5.38. The lowest BCUT2D eigenvalue weighted by Gasteiger charge is -1.90. The second-order valence-electron chi connectivity index (χ2n) is 2.14. The average Bonchev–Trinajstić information content (AvgIpc) is 2.05. The third kappa shape index (κ3) is 3.18. The number of rotatable bonds is 3. The normalized spacial score (nSPS) is 11.2. The van der Waals surface area contributed by atoms with Gasteiger partial charge in [-0.05, 0) is 12.1 Å². The summed E-state index contributed by atoms with van der Waals surface area (Å²) < 4.78 is 23.3. The second kappa shape index (κ2) is 4.54. The zero-order chi connectivity index (χ0) is 8.81. The molecule has 0 aliphatic carbocycles. The Morgan fingerprint density at radius 2 is 2.00 bits per heavy atom. The van der Waals surface area contributed by atoms with Gasteiger partial charge in [0, 0.05) is 18.8 Å². The maximum absolute atomic E-state index is 11.6. The SMILES string of the molecule is FC(F)CC=Cc1ncccn1. The summed E-state index contributed by atoms with van der Waals surface area (Å²) in [7, 11) is 0. The van der Waals surface area contributed by atoms with E-state index >= 15 is 0 Å². The smallest absolute Gasteiger partial charge is 0.237 e. The van der Waals surface area contributed by atoms with Crippen molar-refractivity contribution < 1.29 is 8.78 Å². The van der Waals surface area contributed by atoms with Gasteiger partial charge < -0.3 is 0 Å². The summed E-state index contributed by atoms with van der Waals surface area (Å²) in [5, 5.41) is 0. The van der Waals surface area contributed by atoms with Gasteiger partial charge in [0.15, 0.2) is 5.82 Å². The minimum Gasteiger partial charge on any atom is -0.237 e. The van der Waals surface area contributed by atoms with Gasteiger partial charge in [-0.3, -0.25) is 0 Å². The van der Waals surface area contributed by atoms with E-state index in [1.807, 2.05) is 0 Å². The van der Waals surface area contributed by atoms with Gasteiger partial charge in [-0.25, -0.2) is 18.7 Å². The highest BCUT2D eigenvalue weighted by atomic mass is 19.3.